The first-order chi connectivity index (χ1) is 10.2. The lowest BCUT2D eigenvalue weighted by Crippen LogP contribution is -3.13. The Labute approximate surface area is 124 Å². The van der Waals surface area contributed by atoms with E-state index in [-0.39, 0.29) is 19.1 Å². The first-order valence-corrected chi connectivity index (χ1v) is 7.23. The van der Waals surface area contributed by atoms with Crippen molar-refractivity contribution in [3.05, 3.63) is 42.0 Å². The molecular formula is C16H21N2O3+. The summed E-state index contributed by atoms with van der Waals surface area (Å²) in [4.78, 5) is 24.0. The molecule has 2 amide bonds. The Morgan fingerprint density at radius 2 is 2.05 bits per heavy atom. The Morgan fingerprint density at radius 3 is 2.67 bits per heavy atom. The van der Waals surface area contributed by atoms with Gasteiger partial charge in [-0.1, -0.05) is 30.3 Å². The molecule has 21 heavy (non-hydrogen) atoms. The SMILES string of the molecule is CCOC(=O)NC(=O)C[NH+]1CC=C(c2ccccc2)CC1. The first kappa shape index (κ1) is 15.3. The van der Waals surface area contributed by atoms with Crippen LogP contribution in [-0.4, -0.2) is 38.2 Å². The van der Waals surface area contributed by atoms with Gasteiger partial charge in [0.2, 0.25) is 0 Å². The molecule has 1 atom stereocenters. The Morgan fingerprint density at radius 1 is 1.29 bits per heavy atom. The van der Waals surface area contributed by atoms with E-state index in [9.17, 15) is 9.59 Å². The van der Waals surface area contributed by atoms with Crippen LogP contribution in [0.25, 0.3) is 5.57 Å². The van der Waals surface area contributed by atoms with Crippen molar-refractivity contribution in [3.8, 4) is 0 Å². The van der Waals surface area contributed by atoms with E-state index >= 15 is 0 Å². The van der Waals surface area contributed by atoms with E-state index in [4.69, 9.17) is 0 Å². The summed E-state index contributed by atoms with van der Waals surface area (Å²) in [7, 11) is 0. The summed E-state index contributed by atoms with van der Waals surface area (Å²) < 4.78 is 4.68. The number of imide groups is 1. The largest absolute Gasteiger partial charge is 0.450 e. The standard InChI is InChI=1S/C16H20N2O3/c1-2-21-16(20)17-15(19)12-18-10-8-14(9-11-18)13-6-4-3-5-7-13/h3-8H,2,9-12H2,1H3,(H,17,19,20)/p+1. The first-order valence-electron chi connectivity index (χ1n) is 7.23. The van der Waals surface area contributed by atoms with Crippen LogP contribution >= 0.6 is 0 Å². The molecule has 1 aliphatic rings. The molecule has 1 unspecified atom stereocenters. The maximum Gasteiger partial charge on any atom is 0.414 e. The van der Waals surface area contributed by atoms with E-state index in [1.54, 1.807) is 6.92 Å². The lowest BCUT2D eigenvalue weighted by molar-refractivity contribution is -0.886. The molecule has 0 saturated heterocycles. The van der Waals surface area contributed by atoms with Crippen molar-refractivity contribution < 1.29 is 19.2 Å². The average Bonchev–Trinajstić information content (AvgIpc) is 2.49. The van der Waals surface area contributed by atoms with Crippen molar-refractivity contribution in [2.45, 2.75) is 13.3 Å². The lowest BCUT2D eigenvalue weighted by Gasteiger charge is -2.23. The molecule has 0 aromatic heterocycles. The Kier molecular flexibility index (Phi) is 5.51. The minimum atomic E-state index is -0.667. The van der Waals surface area contributed by atoms with Crippen LogP contribution < -0.4 is 10.2 Å². The molecule has 0 saturated carbocycles. The third-order valence-electron chi connectivity index (χ3n) is 3.46. The fourth-order valence-corrected chi connectivity index (χ4v) is 2.41. The molecule has 0 bridgehead atoms. The van der Waals surface area contributed by atoms with E-state index < -0.39 is 6.09 Å². The molecule has 5 heteroatoms. The van der Waals surface area contributed by atoms with Crippen molar-refractivity contribution >= 4 is 17.6 Å². The summed E-state index contributed by atoms with van der Waals surface area (Å²) >= 11 is 0. The summed E-state index contributed by atoms with van der Waals surface area (Å²) in [6.45, 7) is 3.93. The molecule has 0 spiro atoms. The van der Waals surface area contributed by atoms with Crippen molar-refractivity contribution in [3.63, 3.8) is 0 Å². The van der Waals surface area contributed by atoms with Crippen LogP contribution in [0.15, 0.2) is 36.4 Å². The van der Waals surface area contributed by atoms with Gasteiger partial charge in [-0.05, 0) is 24.1 Å². The molecule has 0 fully saturated rings. The molecule has 2 rings (SSSR count). The molecule has 2 N–H and O–H groups in total. The van der Waals surface area contributed by atoms with Crippen LogP contribution in [0.1, 0.15) is 18.9 Å². The zero-order chi connectivity index (χ0) is 15.1. The number of nitrogens with one attached hydrogen (secondary N) is 2. The minimum absolute atomic E-state index is 0.263. The van der Waals surface area contributed by atoms with Crippen LogP contribution in [0.3, 0.4) is 0 Å². The zero-order valence-corrected chi connectivity index (χ0v) is 12.2. The van der Waals surface area contributed by atoms with Crippen molar-refractivity contribution in [1.29, 1.82) is 0 Å². The number of hydrogen-bond donors (Lipinski definition) is 2. The molecule has 1 aromatic rings. The van der Waals surface area contributed by atoms with Crippen LogP contribution in [0.2, 0.25) is 0 Å². The van der Waals surface area contributed by atoms with Gasteiger partial charge in [-0.15, -0.1) is 0 Å². The molecular weight excluding hydrogens is 268 g/mol. The maximum absolute atomic E-state index is 11.7. The van der Waals surface area contributed by atoms with Crippen molar-refractivity contribution in [2.24, 2.45) is 0 Å². The number of carbonyl (C=O) groups excluding carboxylic acids is 2. The van der Waals surface area contributed by atoms with Gasteiger partial charge < -0.3 is 9.64 Å². The van der Waals surface area contributed by atoms with Gasteiger partial charge in [0.1, 0.15) is 0 Å². The monoisotopic (exact) mass is 289 g/mol. The summed E-state index contributed by atoms with van der Waals surface area (Å²) in [5.41, 5.74) is 2.57. The maximum atomic E-state index is 11.7. The van der Waals surface area contributed by atoms with E-state index in [0.717, 1.165) is 24.4 Å². The Hall–Kier alpha value is -2.14. The highest BCUT2D eigenvalue weighted by Gasteiger charge is 2.20. The highest BCUT2D eigenvalue weighted by Crippen LogP contribution is 2.17. The Balaban J connectivity index is 1.82. The molecule has 0 aliphatic carbocycles. The highest BCUT2D eigenvalue weighted by atomic mass is 16.5. The van der Waals surface area contributed by atoms with Crippen LogP contribution in [-0.2, 0) is 9.53 Å². The van der Waals surface area contributed by atoms with Gasteiger partial charge in [-0.3, -0.25) is 10.1 Å². The molecule has 1 aliphatic heterocycles. The topological polar surface area (TPSA) is 59.8 Å². The fraction of sp³-hybridized carbons (Fsp3) is 0.375. The molecule has 5 nitrogen and oxygen atoms in total. The van der Waals surface area contributed by atoms with Crippen LogP contribution in [0.4, 0.5) is 4.79 Å². The molecule has 1 heterocycles. The normalized spacial score (nSPS) is 17.8. The van der Waals surface area contributed by atoms with Gasteiger partial charge in [0, 0.05) is 6.42 Å². The number of alkyl carbamates (subject to hydrolysis) is 1. The van der Waals surface area contributed by atoms with Gasteiger partial charge in [-0.2, -0.15) is 0 Å². The predicted octanol–water partition coefficient (Wildman–Crippen LogP) is 0.631. The number of hydrogen-bond acceptors (Lipinski definition) is 3. The summed E-state index contributed by atoms with van der Waals surface area (Å²) in [6.07, 6.45) is 2.44. The third kappa shape index (κ3) is 4.72. The van der Waals surface area contributed by atoms with Gasteiger partial charge in [-0.25, -0.2) is 4.79 Å². The highest BCUT2D eigenvalue weighted by molar-refractivity contribution is 5.92. The smallest absolute Gasteiger partial charge is 0.414 e. The van der Waals surface area contributed by atoms with Crippen LogP contribution in [0.5, 0.6) is 0 Å². The van der Waals surface area contributed by atoms with E-state index in [2.05, 4.69) is 28.3 Å². The number of carbonyl (C=O) groups is 2. The number of ether oxygens (including phenoxy) is 1. The quantitative estimate of drug-likeness (QED) is 0.855. The van der Waals surface area contributed by atoms with Crippen molar-refractivity contribution in [1.82, 2.24) is 5.32 Å². The van der Waals surface area contributed by atoms with E-state index in [1.807, 2.05) is 18.2 Å². The van der Waals surface area contributed by atoms with E-state index in [0.29, 0.717) is 0 Å². The number of rotatable bonds is 4. The fourth-order valence-electron chi connectivity index (χ4n) is 2.41. The lowest BCUT2D eigenvalue weighted by atomic mass is 10.00. The summed E-state index contributed by atoms with van der Waals surface area (Å²) in [5, 5.41) is 2.23. The van der Waals surface area contributed by atoms with Crippen molar-refractivity contribution in [2.75, 3.05) is 26.2 Å². The number of benzene rings is 1. The average molecular weight is 289 g/mol. The second-order valence-corrected chi connectivity index (χ2v) is 4.99. The van der Waals surface area contributed by atoms with Gasteiger partial charge >= 0.3 is 6.09 Å². The van der Waals surface area contributed by atoms with E-state index in [1.165, 1.54) is 11.1 Å². The Bertz CT molecular complexity index is 526. The molecule has 0 radical (unpaired) electrons. The molecule has 1 aromatic carbocycles. The number of quaternary nitrogens is 1. The second kappa shape index (κ2) is 7.59. The third-order valence-corrected chi connectivity index (χ3v) is 3.46. The zero-order valence-electron chi connectivity index (χ0n) is 12.2. The summed E-state index contributed by atoms with van der Waals surface area (Å²) in [5.74, 6) is -0.292. The minimum Gasteiger partial charge on any atom is -0.450 e. The second-order valence-electron chi connectivity index (χ2n) is 4.99. The number of amides is 2. The van der Waals surface area contributed by atoms with Crippen LogP contribution in [0, 0.1) is 0 Å². The summed E-state index contributed by atoms with van der Waals surface area (Å²) in [6, 6.07) is 10.3. The van der Waals surface area contributed by atoms with Gasteiger partial charge in [0.05, 0.1) is 19.7 Å². The molecule has 112 valence electrons. The van der Waals surface area contributed by atoms with Gasteiger partial charge in [0.25, 0.3) is 5.91 Å². The van der Waals surface area contributed by atoms with Gasteiger partial charge in [0.15, 0.2) is 6.54 Å². The predicted molar refractivity (Wildman–Crippen MR) is 79.8 cm³/mol.